The van der Waals surface area contributed by atoms with E-state index in [-0.39, 0.29) is 5.82 Å². The van der Waals surface area contributed by atoms with Crippen molar-refractivity contribution in [2.24, 2.45) is 0 Å². The molecule has 1 aliphatic rings. The SMILES string of the molecule is COc1cc(F)ccc1NCC1CCCN1. The second-order valence-corrected chi connectivity index (χ2v) is 4.02. The average Bonchev–Trinajstić information content (AvgIpc) is 2.80. The van der Waals surface area contributed by atoms with Crippen molar-refractivity contribution in [3.63, 3.8) is 0 Å². The topological polar surface area (TPSA) is 33.3 Å². The van der Waals surface area contributed by atoms with Crippen LogP contribution >= 0.6 is 0 Å². The van der Waals surface area contributed by atoms with Gasteiger partial charge < -0.3 is 15.4 Å². The quantitative estimate of drug-likeness (QED) is 0.820. The van der Waals surface area contributed by atoms with Gasteiger partial charge in [-0.15, -0.1) is 0 Å². The molecule has 3 nitrogen and oxygen atoms in total. The van der Waals surface area contributed by atoms with E-state index in [2.05, 4.69) is 10.6 Å². The molecule has 16 heavy (non-hydrogen) atoms. The van der Waals surface area contributed by atoms with Crippen LogP contribution in [0.3, 0.4) is 0 Å². The Balaban J connectivity index is 1.97. The van der Waals surface area contributed by atoms with Crippen LogP contribution in [0.2, 0.25) is 0 Å². The predicted octanol–water partition coefficient (Wildman–Crippen LogP) is 2.00. The summed E-state index contributed by atoms with van der Waals surface area (Å²) < 4.78 is 18.1. The number of hydrogen-bond acceptors (Lipinski definition) is 3. The predicted molar refractivity (Wildman–Crippen MR) is 62.5 cm³/mol. The molecule has 1 heterocycles. The van der Waals surface area contributed by atoms with Gasteiger partial charge in [0.25, 0.3) is 0 Å². The molecular formula is C12H17FN2O. The molecule has 0 radical (unpaired) electrons. The normalized spacial score (nSPS) is 19.8. The number of anilines is 1. The first-order chi connectivity index (χ1) is 7.79. The van der Waals surface area contributed by atoms with Crippen LogP contribution in [0, 0.1) is 5.82 Å². The highest BCUT2D eigenvalue weighted by Gasteiger charge is 2.14. The maximum atomic E-state index is 13.0. The van der Waals surface area contributed by atoms with Crippen LogP contribution < -0.4 is 15.4 Å². The molecule has 4 heteroatoms. The zero-order valence-corrected chi connectivity index (χ0v) is 9.42. The van der Waals surface area contributed by atoms with Gasteiger partial charge in [0.2, 0.25) is 0 Å². The zero-order chi connectivity index (χ0) is 11.4. The number of rotatable bonds is 4. The lowest BCUT2D eigenvalue weighted by atomic mass is 10.2. The van der Waals surface area contributed by atoms with E-state index >= 15 is 0 Å². The van der Waals surface area contributed by atoms with Crippen LogP contribution in [0.4, 0.5) is 10.1 Å². The zero-order valence-electron chi connectivity index (χ0n) is 9.42. The van der Waals surface area contributed by atoms with Crippen LogP contribution in [-0.4, -0.2) is 26.2 Å². The Labute approximate surface area is 95.0 Å². The summed E-state index contributed by atoms with van der Waals surface area (Å²) >= 11 is 0. The van der Waals surface area contributed by atoms with Gasteiger partial charge in [-0.25, -0.2) is 4.39 Å². The van der Waals surface area contributed by atoms with E-state index < -0.39 is 0 Å². The summed E-state index contributed by atoms with van der Waals surface area (Å²) in [4.78, 5) is 0. The number of benzene rings is 1. The minimum Gasteiger partial charge on any atom is -0.494 e. The Morgan fingerprint density at radius 2 is 2.44 bits per heavy atom. The molecule has 2 N–H and O–H groups in total. The Hall–Kier alpha value is -1.29. The van der Waals surface area contributed by atoms with Crippen molar-refractivity contribution >= 4 is 5.69 Å². The van der Waals surface area contributed by atoms with E-state index in [1.165, 1.54) is 25.0 Å². The summed E-state index contributed by atoms with van der Waals surface area (Å²) in [6, 6.07) is 5.05. The Morgan fingerprint density at radius 1 is 1.56 bits per heavy atom. The van der Waals surface area contributed by atoms with Crippen LogP contribution in [0.15, 0.2) is 18.2 Å². The number of halogens is 1. The van der Waals surface area contributed by atoms with Gasteiger partial charge in [0.15, 0.2) is 0 Å². The van der Waals surface area contributed by atoms with Gasteiger partial charge in [0.05, 0.1) is 12.8 Å². The highest BCUT2D eigenvalue weighted by Crippen LogP contribution is 2.25. The lowest BCUT2D eigenvalue weighted by molar-refractivity contribution is 0.413. The largest absolute Gasteiger partial charge is 0.494 e. The monoisotopic (exact) mass is 224 g/mol. The molecule has 0 aliphatic carbocycles. The van der Waals surface area contributed by atoms with Crippen LogP contribution in [-0.2, 0) is 0 Å². The van der Waals surface area contributed by atoms with Crippen molar-refractivity contribution in [1.82, 2.24) is 5.32 Å². The maximum Gasteiger partial charge on any atom is 0.144 e. The molecule has 88 valence electrons. The molecule has 0 amide bonds. The number of ether oxygens (including phenoxy) is 1. The molecule has 2 rings (SSSR count). The number of nitrogens with one attached hydrogen (secondary N) is 2. The molecule has 0 aromatic heterocycles. The molecule has 1 atom stereocenters. The summed E-state index contributed by atoms with van der Waals surface area (Å²) in [5.74, 6) is 0.277. The fourth-order valence-corrected chi connectivity index (χ4v) is 1.98. The smallest absolute Gasteiger partial charge is 0.144 e. The minimum absolute atomic E-state index is 0.276. The summed E-state index contributed by atoms with van der Waals surface area (Å²) in [6.45, 7) is 1.94. The molecule has 1 unspecified atom stereocenters. The number of hydrogen-bond donors (Lipinski definition) is 2. The Morgan fingerprint density at radius 3 is 3.12 bits per heavy atom. The van der Waals surface area contributed by atoms with E-state index in [1.807, 2.05) is 0 Å². The average molecular weight is 224 g/mol. The van der Waals surface area contributed by atoms with Crippen LogP contribution in [0.5, 0.6) is 5.75 Å². The van der Waals surface area contributed by atoms with Gasteiger partial charge in [-0.1, -0.05) is 0 Å². The Bertz CT molecular complexity index is 351. The highest BCUT2D eigenvalue weighted by atomic mass is 19.1. The summed E-state index contributed by atoms with van der Waals surface area (Å²) in [5, 5.41) is 6.68. The first-order valence-electron chi connectivity index (χ1n) is 5.60. The molecule has 1 aromatic rings. The maximum absolute atomic E-state index is 13.0. The highest BCUT2D eigenvalue weighted by molar-refractivity contribution is 5.56. The Kier molecular flexibility index (Phi) is 3.62. The van der Waals surface area contributed by atoms with Crippen molar-refractivity contribution in [3.05, 3.63) is 24.0 Å². The lowest BCUT2D eigenvalue weighted by Gasteiger charge is -2.15. The summed E-state index contributed by atoms with van der Waals surface area (Å²) in [6.07, 6.45) is 2.42. The molecule has 1 aromatic carbocycles. The van der Waals surface area contributed by atoms with E-state index in [9.17, 15) is 4.39 Å². The van der Waals surface area contributed by atoms with Crippen molar-refractivity contribution in [2.75, 3.05) is 25.5 Å². The van der Waals surface area contributed by atoms with Crippen molar-refractivity contribution in [3.8, 4) is 5.75 Å². The van der Waals surface area contributed by atoms with E-state index in [4.69, 9.17) is 4.74 Å². The van der Waals surface area contributed by atoms with Gasteiger partial charge in [0, 0.05) is 18.7 Å². The third-order valence-electron chi connectivity index (χ3n) is 2.86. The van der Waals surface area contributed by atoms with Crippen LogP contribution in [0.25, 0.3) is 0 Å². The third-order valence-corrected chi connectivity index (χ3v) is 2.86. The second-order valence-electron chi connectivity index (χ2n) is 4.02. The molecule has 1 saturated heterocycles. The van der Waals surface area contributed by atoms with E-state index in [0.29, 0.717) is 11.8 Å². The molecule has 0 saturated carbocycles. The van der Waals surface area contributed by atoms with Gasteiger partial charge in [-0.2, -0.15) is 0 Å². The fourth-order valence-electron chi connectivity index (χ4n) is 1.98. The first kappa shape index (κ1) is 11.2. The lowest BCUT2D eigenvalue weighted by Crippen LogP contribution is -2.29. The summed E-state index contributed by atoms with van der Waals surface area (Å²) in [5.41, 5.74) is 0.845. The third kappa shape index (κ3) is 2.64. The van der Waals surface area contributed by atoms with Crippen molar-refractivity contribution < 1.29 is 9.13 Å². The fraction of sp³-hybridized carbons (Fsp3) is 0.500. The van der Waals surface area contributed by atoms with Gasteiger partial charge in [-0.3, -0.25) is 0 Å². The van der Waals surface area contributed by atoms with E-state index in [0.717, 1.165) is 18.8 Å². The molecular weight excluding hydrogens is 207 g/mol. The van der Waals surface area contributed by atoms with Gasteiger partial charge >= 0.3 is 0 Å². The second kappa shape index (κ2) is 5.16. The van der Waals surface area contributed by atoms with Gasteiger partial charge in [-0.05, 0) is 31.5 Å². The molecule has 1 aliphatic heterocycles. The first-order valence-corrected chi connectivity index (χ1v) is 5.60. The van der Waals surface area contributed by atoms with E-state index in [1.54, 1.807) is 13.2 Å². The van der Waals surface area contributed by atoms with Gasteiger partial charge in [0.1, 0.15) is 11.6 Å². The number of methoxy groups -OCH3 is 1. The van der Waals surface area contributed by atoms with Crippen molar-refractivity contribution in [2.45, 2.75) is 18.9 Å². The molecule has 0 bridgehead atoms. The minimum atomic E-state index is -0.276. The van der Waals surface area contributed by atoms with Crippen molar-refractivity contribution in [1.29, 1.82) is 0 Å². The summed E-state index contributed by atoms with van der Waals surface area (Å²) in [7, 11) is 1.55. The standard InChI is InChI=1S/C12H17FN2O/c1-16-12-7-9(13)4-5-11(12)15-8-10-3-2-6-14-10/h4-5,7,10,14-15H,2-3,6,8H2,1H3. The van der Waals surface area contributed by atoms with Crippen LogP contribution in [0.1, 0.15) is 12.8 Å². The molecule has 0 spiro atoms. The molecule has 1 fully saturated rings.